The Morgan fingerprint density at radius 2 is 1.42 bits per heavy atom. The van der Waals surface area contributed by atoms with Gasteiger partial charge in [0.2, 0.25) is 15.8 Å². The van der Waals surface area contributed by atoms with Crippen molar-refractivity contribution in [1.82, 2.24) is 4.31 Å². The molecule has 7 nitrogen and oxygen atoms in total. The van der Waals surface area contributed by atoms with Crippen molar-refractivity contribution in [2.24, 2.45) is 0 Å². The highest BCUT2D eigenvalue weighted by Crippen LogP contribution is 2.41. The molecule has 0 aromatic heterocycles. The number of nitro groups is 1. The molecule has 1 fully saturated rings. The van der Waals surface area contributed by atoms with E-state index in [1.54, 1.807) is 0 Å². The summed E-state index contributed by atoms with van der Waals surface area (Å²) in [6.45, 7) is 0.442. The van der Waals surface area contributed by atoms with Crippen molar-refractivity contribution in [2.45, 2.75) is 36.5 Å². The number of piperidine rings is 1. The van der Waals surface area contributed by atoms with Crippen molar-refractivity contribution in [3.05, 3.63) is 57.6 Å². The van der Waals surface area contributed by atoms with Crippen LogP contribution in [-0.4, -0.2) is 30.7 Å². The fourth-order valence-electron chi connectivity index (χ4n) is 3.25. The lowest BCUT2D eigenvalue weighted by atomic mass is 10.1. The van der Waals surface area contributed by atoms with Crippen LogP contribution in [-0.2, 0) is 22.4 Å². The molecule has 2 aromatic carbocycles. The molecule has 3 rings (SSSR count). The Morgan fingerprint density at radius 3 is 1.91 bits per heavy atom. The topological polar surface area (TPSA) is 89.8 Å². The van der Waals surface area contributed by atoms with Crippen molar-refractivity contribution in [2.75, 3.05) is 13.1 Å². The minimum Gasteiger partial charge on any atom is -0.450 e. The summed E-state index contributed by atoms with van der Waals surface area (Å²) in [7, 11) is -4.08. The van der Waals surface area contributed by atoms with Gasteiger partial charge >= 0.3 is 18.0 Å². The molecule has 1 heterocycles. The maximum atomic E-state index is 13.0. The van der Waals surface area contributed by atoms with Crippen LogP contribution in [0.25, 0.3) is 0 Å². The quantitative estimate of drug-likeness (QED) is 0.304. The van der Waals surface area contributed by atoms with Gasteiger partial charge in [0.25, 0.3) is 0 Å². The van der Waals surface area contributed by atoms with Gasteiger partial charge in [-0.05, 0) is 43.2 Å². The van der Waals surface area contributed by atoms with E-state index in [-0.39, 0.29) is 31.3 Å². The van der Waals surface area contributed by atoms with Gasteiger partial charge in [-0.15, -0.1) is 0 Å². The molecule has 0 radical (unpaired) electrons. The van der Waals surface area contributed by atoms with E-state index in [0.29, 0.717) is 18.9 Å². The number of halogens is 6. The fraction of sp³-hybridized carbons (Fsp3) is 0.368. The van der Waals surface area contributed by atoms with Crippen molar-refractivity contribution < 1.29 is 44.4 Å². The highest BCUT2D eigenvalue weighted by atomic mass is 32.2. The van der Waals surface area contributed by atoms with E-state index in [1.807, 2.05) is 0 Å². The molecular formula is C19H16F6N2O5S. The van der Waals surface area contributed by atoms with Crippen LogP contribution in [0.3, 0.4) is 0 Å². The van der Waals surface area contributed by atoms with Crippen LogP contribution < -0.4 is 4.74 Å². The second-order valence-corrected chi connectivity index (χ2v) is 9.13. The SMILES string of the molecule is O=[N+]([O-])c1cc(S(=O)(=O)N2CCCCC2)ccc1Oc1cc(C(F)(F)F)cc(C(F)(F)F)c1. The summed E-state index contributed by atoms with van der Waals surface area (Å²) in [4.78, 5) is 10.00. The summed E-state index contributed by atoms with van der Waals surface area (Å²) in [6, 6.07) is 2.84. The van der Waals surface area contributed by atoms with Crippen LogP contribution in [0.1, 0.15) is 30.4 Å². The van der Waals surface area contributed by atoms with Crippen LogP contribution in [0.4, 0.5) is 32.0 Å². The summed E-state index contributed by atoms with van der Waals surface area (Å²) < 4.78 is 110. The van der Waals surface area contributed by atoms with Gasteiger partial charge in [0, 0.05) is 19.2 Å². The number of sulfonamides is 1. The van der Waals surface area contributed by atoms with Crippen LogP contribution in [0.2, 0.25) is 0 Å². The first-order valence-corrected chi connectivity index (χ1v) is 10.9. The van der Waals surface area contributed by atoms with Crippen molar-refractivity contribution in [1.29, 1.82) is 0 Å². The van der Waals surface area contributed by atoms with Gasteiger partial charge in [-0.3, -0.25) is 10.1 Å². The Labute approximate surface area is 183 Å². The van der Waals surface area contributed by atoms with Gasteiger partial charge in [-0.25, -0.2) is 8.42 Å². The third kappa shape index (κ3) is 5.55. The van der Waals surface area contributed by atoms with Gasteiger partial charge in [-0.2, -0.15) is 30.6 Å². The zero-order chi connectivity index (χ0) is 24.6. The molecule has 0 aliphatic carbocycles. The molecule has 0 amide bonds. The van der Waals surface area contributed by atoms with E-state index in [0.717, 1.165) is 22.9 Å². The highest BCUT2D eigenvalue weighted by Gasteiger charge is 2.37. The summed E-state index contributed by atoms with van der Waals surface area (Å²) in [6.07, 6.45) is -8.23. The van der Waals surface area contributed by atoms with Crippen LogP contribution in [0.15, 0.2) is 41.3 Å². The van der Waals surface area contributed by atoms with Gasteiger partial charge in [0.05, 0.1) is 20.9 Å². The average molecular weight is 498 g/mol. The first kappa shape index (κ1) is 24.8. The Hall–Kier alpha value is -2.87. The van der Waals surface area contributed by atoms with E-state index in [1.165, 1.54) is 0 Å². The minimum atomic E-state index is -5.14. The first-order valence-electron chi connectivity index (χ1n) is 9.45. The number of alkyl halides is 6. The van der Waals surface area contributed by atoms with E-state index in [9.17, 15) is 44.9 Å². The average Bonchev–Trinajstić information content (AvgIpc) is 2.73. The lowest BCUT2D eigenvalue weighted by Gasteiger charge is -2.25. The van der Waals surface area contributed by atoms with Gasteiger partial charge in [-0.1, -0.05) is 6.42 Å². The molecular weight excluding hydrogens is 482 g/mol. The number of rotatable bonds is 5. The maximum absolute atomic E-state index is 13.0. The maximum Gasteiger partial charge on any atom is 0.416 e. The van der Waals surface area contributed by atoms with Crippen LogP contribution in [0, 0.1) is 10.1 Å². The molecule has 0 unspecified atom stereocenters. The lowest BCUT2D eigenvalue weighted by molar-refractivity contribution is -0.385. The van der Waals surface area contributed by atoms with E-state index < -0.39 is 60.5 Å². The minimum absolute atomic E-state index is 0.116. The number of benzene rings is 2. The summed E-state index contributed by atoms with van der Waals surface area (Å²) in [5.41, 5.74) is -4.27. The highest BCUT2D eigenvalue weighted by molar-refractivity contribution is 7.89. The zero-order valence-electron chi connectivity index (χ0n) is 16.6. The third-order valence-electron chi connectivity index (χ3n) is 4.87. The molecule has 0 bridgehead atoms. The fourth-order valence-corrected chi connectivity index (χ4v) is 4.79. The Balaban J connectivity index is 2.03. The molecule has 0 N–H and O–H groups in total. The standard InChI is InChI=1S/C19H16F6N2O5S/c20-18(21,22)12-8-13(19(23,24)25)10-14(9-12)32-17-5-4-15(11-16(17)27(28)29)33(30,31)26-6-2-1-3-7-26/h4-5,8-11H,1-3,6-7H2. The molecule has 1 saturated heterocycles. The van der Waals surface area contributed by atoms with Crippen molar-refractivity contribution >= 4 is 15.7 Å². The Morgan fingerprint density at radius 1 is 0.879 bits per heavy atom. The molecule has 0 atom stereocenters. The first-order chi connectivity index (χ1) is 15.2. The predicted octanol–water partition coefficient (Wildman–Crippen LogP) is 5.60. The number of hydrogen-bond donors (Lipinski definition) is 0. The molecule has 1 aliphatic rings. The monoisotopic (exact) mass is 498 g/mol. The third-order valence-corrected chi connectivity index (χ3v) is 6.76. The molecule has 0 saturated carbocycles. The molecule has 0 spiro atoms. The van der Waals surface area contributed by atoms with Crippen LogP contribution >= 0.6 is 0 Å². The van der Waals surface area contributed by atoms with Gasteiger partial charge in [0.15, 0.2) is 0 Å². The summed E-state index contributed by atoms with van der Waals surface area (Å²) in [5.74, 6) is -1.67. The molecule has 1 aliphatic heterocycles. The van der Waals surface area contributed by atoms with Gasteiger partial charge < -0.3 is 4.74 Å². The van der Waals surface area contributed by atoms with Crippen molar-refractivity contribution in [3.8, 4) is 11.5 Å². The number of nitrogens with zero attached hydrogens (tertiary/aromatic N) is 2. The van der Waals surface area contributed by atoms with Crippen molar-refractivity contribution in [3.63, 3.8) is 0 Å². The van der Waals surface area contributed by atoms with E-state index in [2.05, 4.69) is 0 Å². The smallest absolute Gasteiger partial charge is 0.416 e. The summed E-state index contributed by atoms with van der Waals surface area (Å²) >= 11 is 0. The largest absolute Gasteiger partial charge is 0.450 e. The van der Waals surface area contributed by atoms with E-state index >= 15 is 0 Å². The second kappa shape index (κ2) is 8.82. The number of ether oxygens (including phenoxy) is 1. The predicted molar refractivity (Wildman–Crippen MR) is 102 cm³/mol. The lowest BCUT2D eigenvalue weighted by Crippen LogP contribution is -2.35. The molecule has 180 valence electrons. The molecule has 2 aromatic rings. The Kier molecular flexibility index (Phi) is 6.62. The molecule has 33 heavy (non-hydrogen) atoms. The van der Waals surface area contributed by atoms with E-state index in [4.69, 9.17) is 4.74 Å². The molecule has 14 heteroatoms. The van der Waals surface area contributed by atoms with Gasteiger partial charge in [0.1, 0.15) is 5.75 Å². The number of hydrogen-bond acceptors (Lipinski definition) is 5. The normalized spacial score (nSPS) is 15.9. The van der Waals surface area contributed by atoms with Crippen LogP contribution in [0.5, 0.6) is 11.5 Å². The second-order valence-electron chi connectivity index (χ2n) is 7.20. The Bertz CT molecular complexity index is 1130. The zero-order valence-corrected chi connectivity index (χ0v) is 17.4. The number of nitro benzene ring substituents is 1. The summed E-state index contributed by atoms with van der Waals surface area (Å²) in [5, 5.41) is 11.5.